The number of carbonyl (C=O) groups is 2. The maximum atomic E-state index is 13.8. The zero-order valence-corrected chi connectivity index (χ0v) is 30.6. The van der Waals surface area contributed by atoms with E-state index in [0.29, 0.717) is 68.3 Å². The number of thioether (sulfide) groups is 1. The van der Waals surface area contributed by atoms with Crippen molar-refractivity contribution < 1.29 is 28.9 Å². The Morgan fingerprint density at radius 2 is 1.69 bits per heavy atom. The number of aliphatic hydroxyl groups excluding tert-OH is 1. The highest BCUT2D eigenvalue weighted by atomic mass is 35.5. The molecule has 1 aliphatic rings. The average molecular weight is 743 g/mol. The lowest BCUT2D eigenvalue weighted by Crippen LogP contribution is -2.29. The van der Waals surface area contributed by atoms with E-state index in [0.717, 1.165) is 42.6 Å². The number of hydrogen-bond acceptors (Lipinski definition) is 10. The van der Waals surface area contributed by atoms with Gasteiger partial charge in [-0.05, 0) is 79.4 Å². The number of ketones is 1. The standard InChI is InChI=1S/C36H37Cl2N3O6S2/c1-4-7-8-18-47-28-16-12-23(19-29(28)45-6-3)31-30(32(42)22-10-14-26(15-11-22)46-17-5-2)33(43)34(44)41(31)35-39-40-36(49-35)48-21-24-9-13-25(37)20-27(24)38/h9-16,19-20,31,42H,4-8,17-18,21H2,1-3H3/b32-30+. The first-order valence-corrected chi connectivity index (χ1v) is 18.6. The van der Waals surface area contributed by atoms with Crippen LogP contribution < -0.4 is 19.1 Å². The monoisotopic (exact) mass is 741 g/mol. The largest absolute Gasteiger partial charge is 0.507 e. The summed E-state index contributed by atoms with van der Waals surface area (Å²) in [6.07, 6.45) is 3.84. The number of amides is 1. The van der Waals surface area contributed by atoms with E-state index in [1.807, 2.05) is 19.9 Å². The molecule has 5 rings (SSSR count). The van der Waals surface area contributed by atoms with Gasteiger partial charge in [0.2, 0.25) is 5.13 Å². The number of hydrogen-bond donors (Lipinski definition) is 1. The van der Waals surface area contributed by atoms with Gasteiger partial charge in [-0.1, -0.05) is 85.1 Å². The van der Waals surface area contributed by atoms with E-state index in [9.17, 15) is 14.7 Å². The van der Waals surface area contributed by atoms with Gasteiger partial charge in [0.15, 0.2) is 15.8 Å². The molecule has 2 heterocycles. The Hall–Kier alpha value is -3.77. The first-order chi connectivity index (χ1) is 23.7. The minimum absolute atomic E-state index is 0.0800. The molecule has 258 valence electrons. The Morgan fingerprint density at radius 3 is 2.41 bits per heavy atom. The molecule has 1 N–H and O–H groups in total. The van der Waals surface area contributed by atoms with Crippen molar-refractivity contribution in [1.29, 1.82) is 0 Å². The van der Waals surface area contributed by atoms with Crippen LogP contribution in [0.4, 0.5) is 5.13 Å². The van der Waals surface area contributed by atoms with Crippen molar-refractivity contribution in [3.8, 4) is 17.2 Å². The van der Waals surface area contributed by atoms with E-state index in [1.54, 1.807) is 54.6 Å². The van der Waals surface area contributed by atoms with Crippen LogP contribution >= 0.6 is 46.3 Å². The number of unbranched alkanes of at least 4 members (excludes halogenated alkanes) is 2. The van der Waals surface area contributed by atoms with Gasteiger partial charge in [0.05, 0.1) is 31.4 Å². The third-order valence-corrected chi connectivity index (χ3v) is 10.3. The molecule has 0 spiro atoms. The van der Waals surface area contributed by atoms with Crippen molar-refractivity contribution in [2.75, 3.05) is 24.7 Å². The summed E-state index contributed by atoms with van der Waals surface area (Å²) in [5, 5.41) is 21.5. The molecule has 1 saturated heterocycles. The predicted octanol–water partition coefficient (Wildman–Crippen LogP) is 9.52. The van der Waals surface area contributed by atoms with Crippen LogP contribution in [0.2, 0.25) is 10.0 Å². The van der Waals surface area contributed by atoms with Crippen molar-refractivity contribution in [3.05, 3.63) is 93.0 Å². The molecular formula is C36H37Cl2N3O6S2. The van der Waals surface area contributed by atoms with Crippen LogP contribution in [0.25, 0.3) is 5.76 Å². The number of aliphatic hydroxyl groups is 1. The van der Waals surface area contributed by atoms with Crippen LogP contribution in [0.15, 0.2) is 70.6 Å². The third-order valence-electron chi connectivity index (χ3n) is 7.60. The summed E-state index contributed by atoms with van der Waals surface area (Å²) in [5.74, 6) is 0.143. The summed E-state index contributed by atoms with van der Waals surface area (Å²) >= 11 is 15.0. The summed E-state index contributed by atoms with van der Waals surface area (Å²) in [6.45, 7) is 7.44. The van der Waals surface area contributed by atoms with Gasteiger partial charge in [-0.3, -0.25) is 14.5 Å². The molecule has 0 bridgehead atoms. The van der Waals surface area contributed by atoms with Crippen LogP contribution in [0.5, 0.6) is 17.2 Å². The van der Waals surface area contributed by atoms with Gasteiger partial charge in [0.1, 0.15) is 11.5 Å². The van der Waals surface area contributed by atoms with Crippen molar-refractivity contribution in [2.24, 2.45) is 0 Å². The minimum Gasteiger partial charge on any atom is -0.507 e. The Bertz CT molecular complexity index is 1810. The number of rotatable bonds is 16. The first-order valence-electron chi connectivity index (χ1n) is 16.1. The van der Waals surface area contributed by atoms with Gasteiger partial charge in [-0.25, -0.2) is 0 Å². The van der Waals surface area contributed by atoms with E-state index < -0.39 is 17.7 Å². The Labute approximate surface area is 304 Å². The van der Waals surface area contributed by atoms with Gasteiger partial charge in [-0.15, -0.1) is 10.2 Å². The first kappa shape index (κ1) is 36.5. The normalized spacial score (nSPS) is 15.5. The summed E-state index contributed by atoms with van der Waals surface area (Å²) in [7, 11) is 0. The Morgan fingerprint density at radius 1 is 0.898 bits per heavy atom. The molecule has 1 amide bonds. The molecule has 13 heteroatoms. The second-order valence-electron chi connectivity index (χ2n) is 11.1. The van der Waals surface area contributed by atoms with Crippen molar-refractivity contribution in [2.45, 2.75) is 62.6 Å². The molecule has 49 heavy (non-hydrogen) atoms. The maximum Gasteiger partial charge on any atom is 0.301 e. The number of ether oxygens (including phenoxy) is 3. The molecule has 1 aromatic heterocycles. The minimum atomic E-state index is -1.03. The number of aromatic nitrogens is 2. The number of Topliss-reactive ketones (excluding diaryl/α,β-unsaturated/α-hetero) is 1. The molecule has 1 aliphatic heterocycles. The van der Waals surface area contributed by atoms with Crippen molar-refractivity contribution in [1.82, 2.24) is 10.2 Å². The quantitative estimate of drug-likeness (QED) is 0.0300. The number of carbonyl (C=O) groups excluding carboxylic acids is 2. The molecule has 1 unspecified atom stereocenters. The van der Waals surface area contributed by atoms with Crippen LogP contribution in [0.3, 0.4) is 0 Å². The van der Waals surface area contributed by atoms with Gasteiger partial charge < -0.3 is 19.3 Å². The van der Waals surface area contributed by atoms with Crippen molar-refractivity contribution in [3.63, 3.8) is 0 Å². The Kier molecular flexibility index (Phi) is 12.9. The van der Waals surface area contributed by atoms with Gasteiger partial charge >= 0.3 is 5.91 Å². The smallest absolute Gasteiger partial charge is 0.301 e. The van der Waals surface area contributed by atoms with Crippen LogP contribution in [0, 0.1) is 0 Å². The van der Waals surface area contributed by atoms with Crippen LogP contribution in [-0.2, 0) is 15.3 Å². The zero-order chi connectivity index (χ0) is 34.9. The number of halogens is 2. The molecule has 9 nitrogen and oxygen atoms in total. The fourth-order valence-electron chi connectivity index (χ4n) is 5.18. The molecular weight excluding hydrogens is 705 g/mol. The highest BCUT2D eigenvalue weighted by Crippen LogP contribution is 2.46. The molecule has 4 aromatic rings. The lowest BCUT2D eigenvalue weighted by atomic mass is 9.95. The molecule has 0 saturated carbocycles. The fourth-order valence-corrected chi connectivity index (χ4v) is 7.61. The fraction of sp³-hybridized carbons (Fsp3) is 0.333. The lowest BCUT2D eigenvalue weighted by Gasteiger charge is -2.23. The number of benzene rings is 3. The van der Waals surface area contributed by atoms with Gasteiger partial charge in [-0.2, -0.15) is 0 Å². The van der Waals surface area contributed by atoms with E-state index in [2.05, 4.69) is 17.1 Å². The number of anilines is 1. The predicted molar refractivity (Wildman–Crippen MR) is 196 cm³/mol. The molecule has 3 aromatic carbocycles. The van der Waals surface area contributed by atoms with Crippen LogP contribution in [0.1, 0.15) is 69.2 Å². The van der Waals surface area contributed by atoms with E-state index >= 15 is 0 Å². The van der Waals surface area contributed by atoms with Gasteiger partial charge in [0, 0.05) is 21.4 Å². The number of nitrogens with zero attached hydrogens (tertiary/aromatic N) is 3. The van der Waals surface area contributed by atoms with Crippen LogP contribution in [-0.4, -0.2) is 46.8 Å². The van der Waals surface area contributed by atoms with E-state index in [1.165, 1.54) is 16.7 Å². The molecule has 1 atom stereocenters. The summed E-state index contributed by atoms with van der Waals surface area (Å²) in [5.41, 5.74) is 1.68. The highest BCUT2D eigenvalue weighted by molar-refractivity contribution is 8.00. The lowest BCUT2D eigenvalue weighted by molar-refractivity contribution is -0.132. The summed E-state index contributed by atoms with van der Waals surface area (Å²) < 4.78 is 18.3. The summed E-state index contributed by atoms with van der Waals surface area (Å²) in [6, 6.07) is 16.3. The highest BCUT2D eigenvalue weighted by Gasteiger charge is 2.48. The zero-order valence-electron chi connectivity index (χ0n) is 27.4. The molecule has 0 aliphatic carbocycles. The topological polar surface area (TPSA) is 111 Å². The average Bonchev–Trinajstić information content (AvgIpc) is 3.67. The maximum absolute atomic E-state index is 13.8. The van der Waals surface area contributed by atoms with Crippen molar-refractivity contribution >= 4 is 68.9 Å². The van der Waals surface area contributed by atoms with E-state index in [-0.39, 0.29) is 16.5 Å². The second kappa shape index (κ2) is 17.2. The van der Waals surface area contributed by atoms with Gasteiger partial charge in [0.25, 0.3) is 5.78 Å². The SMILES string of the molecule is CCCCCOc1ccc(C2/C(=C(\O)c3ccc(OCCC)cc3)C(=O)C(=O)N2c2nnc(SCc3ccc(Cl)cc3Cl)s2)cc1OCC. The third kappa shape index (κ3) is 8.70. The molecule has 0 radical (unpaired) electrons. The van der Waals surface area contributed by atoms with E-state index in [4.69, 9.17) is 37.4 Å². The Balaban J connectivity index is 1.54. The molecule has 1 fully saturated rings. The second-order valence-corrected chi connectivity index (χ2v) is 14.1. The summed E-state index contributed by atoms with van der Waals surface area (Å²) in [4.78, 5) is 28.9.